The maximum Gasteiger partial charge on any atom is 0.140 e. The largest absolute Gasteiger partial charge is 0.299 e. The second kappa shape index (κ2) is 3.08. The van der Waals surface area contributed by atoms with Crippen molar-refractivity contribution < 1.29 is 4.79 Å². The Morgan fingerprint density at radius 3 is 2.46 bits per heavy atom. The summed E-state index contributed by atoms with van der Waals surface area (Å²) in [5.41, 5.74) is 1.11. The number of ketones is 1. The van der Waals surface area contributed by atoms with Crippen molar-refractivity contribution in [2.24, 2.45) is 0 Å². The molecule has 0 atom stereocenters. The van der Waals surface area contributed by atoms with E-state index in [1.807, 2.05) is 12.1 Å². The number of carbonyl (C=O) groups is 1. The minimum Gasteiger partial charge on any atom is -0.299 e. The molecule has 0 heterocycles. The molecule has 2 heteroatoms. The first-order valence-corrected chi connectivity index (χ1v) is 5.51. The van der Waals surface area contributed by atoms with Crippen LogP contribution in [0.15, 0.2) is 24.3 Å². The second-order valence-electron chi connectivity index (χ2n) is 3.62. The van der Waals surface area contributed by atoms with Crippen molar-refractivity contribution in [1.82, 2.24) is 0 Å². The average Bonchev–Trinajstić information content (AvgIpc) is 2.85. The monoisotopic (exact) mass is 286 g/mol. The second-order valence-corrected chi connectivity index (χ2v) is 4.78. The summed E-state index contributed by atoms with van der Waals surface area (Å²) in [6.07, 6.45) is 2.06. The third kappa shape index (κ3) is 1.41. The number of hydrogen-bond donors (Lipinski definition) is 0. The van der Waals surface area contributed by atoms with Crippen molar-refractivity contribution in [2.75, 3.05) is 0 Å². The predicted octanol–water partition coefficient (Wildman–Crippen LogP) is 2.91. The normalized spacial score (nSPS) is 18.3. The molecule has 2 rings (SSSR count). The van der Waals surface area contributed by atoms with Gasteiger partial charge in [-0.2, -0.15) is 0 Å². The van der Waals surface area contributed by atoms with Gasteiger partial charge in [0.25, 0.3) is 0 Å². The van der Waals surface area contributed by atoms with Crippen LogP contribution in [0.4, 0.5) is 0 Å². The van der Waals surface area contributed by atoms with Crippen LogP contribution in [0.3, 0.4) is 0 Å². The van der Waals surface area contributed by atoms with Gasteiger partial charge in [0.05, 0.1) is 5.41 Å². The molecule has 1 saturated carbocycles. The Morgan fingerprint density at radius 1 is 1.38 bits per heavy atom. The van der Waals surface area contributed by atoms with E-state index in [-0.39, 0.29) is 5.41 Å². The van der Waals surface area contributed by atoms with Gasteiger partial charge < -0.3 is 0 Å². The van der Waals surface area contributed by atoms with Crippen molar-refractivity contribution >= 4 is 28.4 Å². The molecule has 0 saturated heterocycles. The van der Waals surface area contributed by atoms with E-state index in [1.165, 1.54) is 9.13 Å². The third-order valence-electron chi connectivity index (χ3n) is 2.81. The zero-order chi connectivity index (χ0) is 9.47. The number of carbonyl (C=O) groups excluding carboxylic acids is 1. The summed E-state index contributed by atoms with van der Waals surface area (Å²) < 4.78 is 1.22. The highest BCUT2D eigenvalue weighted by Crippen LogP contribution is 2.50. The van der Waals surface area contributed by atoms with Crippen LogP contribution in [0.1, 0.15) is 25.3 Å². The van der Waals surface area contributed by atoms with E-state index in [0.29, 0.717) is 5.78 Å². The Balaban J connectivity index is 2.47. The molecule has 1 fully saturated rings. The molecule has 0 spiro atoms. The number of hydrogen-bond acceptors (Lipinski definition) is 1. The molecule has 13 heavy (non-hydrogen) atoms. The van der Waals surface area contributed by atoms with Gasteiger partial charge in [0.15, 0.2) is 0 Å². The van der Waals surface area contributed by atoms with Crippen LogP contribution in [0, 0.1) is 3.57 Å². The van der Waals surface area contributed by atoms with Gasteiger partial charge in [0, 0.05) is 3.57 Å². The highest BCUT2D eigenvalue weighted by molar-refractivity contribution is 14.1. The van der Waals surface area contributed by atoms with Gasteiger partial charge >= 0.3 is 0 Å². The Labute approximate surface area is 91.7 Å². The SMILES string of the molecule is CC(=O)C1(c2ccccc2I)CC1. The van der Waals surface area contributed by atoms with Gasteiger partial charge in [-0.15, -0.1) is 0 Å². The zero-order valence-electron chi connectivity index (χ0n) is 7.51. The summed E-state index contributed by atoms with van der Waals surface area (Å²) in [4.78, 5) is 11.5. The summed E-state index contributed by atoms with van der Waals surface area (Å²) in [5.74, 6) is 0.316. The van der Waals surface area contributed by atoms with Crippen LogP contribution in [0.2, 0.25) is 0 Å². The average molecular weight is 286 g/mol. The van der Waals surface area contributed by atoms with E-state index in [9.17, 15) is 4.79 Å². The molecule has 68 valence electrons. The molecule has 1 nitrogen and oxygen atoms in total. The lowest BCUT2D eigenvalue weighted by molar-refractivity contribution is -0.119. The standard InChI is InChI=1S/C11H11IO/c1-8(13)11(6-7-11)9-4-2-3-5-10(9)12/h2-5H,6-7H2,1H3. The summed E-state index contributed by atoms with van der Waals surface area (Å²) in [6.45, 7) is 1.70. The number of rotatable bonds is 2. The van der Waals surface area contributed by atoms with Crippen LogP contribution in [-0.4, -0.2) is 5.78 Å². The van der Waals surface area contributed by atoms with Crippen LogP contribution in [0.5, 0.6) is 0 Å². The van der Waals surface area contributed by atoms with Crippen LogP contribution >= 0.6 is 22.6 Å². The lowest BCUT2D eigenvalue weighted by atomic mass is 9.92. The molecule has 0 unspecified atom stereocenters. The van der Waals surface area contributed by atoms with Crippen LogP contribution in [-0.2, 0) is 10.2 Å². The van der Waals surface area contributed by atoms with E-state index < -0.39 is 0 Å². The number of benzene rings is 1. The zero-order valence-corrected chi connectivity index (χ0v) is 9.67. The molecule has 1 aliphatic rings. The summed E-state index contributed by atoms with van der Waals surface area (Å²) in [5, 5.41) is 0. The summed E-state index contributed by atoms with van der Waals surface area (Å²) in [7, 11) is 0. The minimum absolute atomic E-state index is 0.113. The van der Waals surface area contributed by atoms with E-state index in [0.717, 1.165) is 12.8 Å². The van der Waals surface area contributed by atoms with Crippen LogP contribution in [0.25, 0.3) is 0 Å². The topological polar surface area (TPSA) is 17.1 Å². The van der Waals surface area contributed by atoms with Gasteiger partial charge in [-0.1, -0.05) is 18.2 Å². The van der Waals surface area contributed by atoms with E-state index in [4.69, 9.17) is 0 Å². The van der Waals surface area contributed by atoms with Crippen molar-refractivity contribution in [2.45, 2.75) is 25.2 Å². The first-order valence-electron chi connectivity index (χ1n) is 4.43. The van der Waals surface area contributed by atoms with Crippen LogP contribution < -0.4 is 0 Å². The van der Waals surface area contributed by atoms with E-state index in [2.05, 4.69) is 34.7 Å². The van der Waals surface area contributed by atoms with E-state index >= 15 is 0 Å². The van der Waals surface area contributed by atoms with Crippen molar-refractivity contribution in [3.05, 3.63) is 33.4 Å². The molecular weight excluding hydrogens is 275 g/mol. The highest BCUT2D eigenvalue weighted by atomic mass is 127. The molecule has 0 N–H and O–H groups in total. The molecule has 0 aromatic heterocycles. The lowest BCUT2D eigenvalue weighted by Crippen LogP contribution is -2.18. The quantitative estimate of drug-likeness (QED) is 0.764. The van der Waals surface area contributed by atoms with Gasteiger partial charge in [-0.05, 0) is 54.0 Å². The number of halogens is 1. The maximum absolute atomic E-state index is 11.5. The predicted molar refractivity (Wildman–Crippen MR) is 60.8 cm³/mol. The molecule has 1 aromatic carbocycles. The van der Waals surface area contributed by atoms with Crippen molar-refractivity contribution in [3.8, 4) is 0 Å². The highest BCUT2D eigenvalue weighted by Gasteiger charge is 2.49. The summed E-state index contributed by atoms with van der Waals surface area (Å²) >= 11 is 2.31. The maximum atomic E-state index is 11.5. The first-order chi connectivity index (χ1) is 6.17. The fraction of sp³-hybridized carbons (Fsp3) is 0.364. The van der Waals surface area contributed by atoms with Gasteiger partial charge in [0.2, 0.25) is 0 Å². The van der Waals surface area contributed by atoms with Gasteiger partial charge in [0.1, 0.15) is 5.78 Å². The first kappa shape index (κ1) is 9.19. The fourth-order valence-electron chi connectivity index (χ4n) is 1.79. The Bertz CT molecular complexity index is 353. The Kier molecular flexibility index (Phi) is 2.18. The lowest BCUT2D eigenvalue weighted by Gasteiger charge is -2.13. The molecule has 0 amide bonds. The molecule has 0 bridgehead atoms. The summed E-state index contributed by atoms with van der Waals surface area (Å²) in [6, 6.07) is 8.18. The van der Waals surface area contributed by atoms with Gasteiger partial charge in [-0.25, -0.2) is 0 Å². The van der Waals surface area contributed by atoms with Gasteiger partial charge in [-0.3, -0.25) is 4.79 Å². The van der Waals surface area contributed by atoms with E-state index in [1.54, 1.807) is 6.92 Å². The Morgan fingerprint density at radius 2 is 2.00 bits per heavy atom. The smallest absolute Gasteiger partial charge is 0.140 e. The molecular formula is C11H11IO. The van der Waals surface area contributed by atoms with Crippen molar-refractivity contribution in [3.63, 3.8) is 0 Å². The minimum atomic E-state index is -0.113. The van der Waals surface area contributed by atoms with Crippen molar-refractivity contribution in [1.29, 1.82) is 0 Å². The molecule has 0 aliphatic heterocycles. The number of Topliss-reactive ketones (excluding diaryl/α,β-unsaturated/α-hetero) is 1. The molecule has 0 radical (unpaired) electrons. The fourth-order valence-corrected chi connectivity index (χ4v) is 2.69. The Hall–Kier alpha value is -0.380. The molecule has 1 aromatic rings. The molecule has 1 aliphatic carbocycles. The third-order valence-corrected chi connectivity index (χ3v) is 3.75.